The summed E-state index contributed by atoms with van der Waals surface area (Å²) in [6.07, 6.45) is 1.52. The van der Waals surface area contributed by atoms with Crippen molar-refractivity contribution in [2.75, 3.05) is 0 Å². The van der Waals surface area contributed by atoms with Crippen molar-refractivity contribution in [3.8, 4) is 0 Å². The molecule has 1 unspecified atom stereocenters. The van der Waals surface area contributed by atoms with Crippen LogP contribution in [-0.4, -0.2) is 15.8 Å². The zero-order chi connectivity index (χ0) is 10.1. The maximum atomic E-state index is 11.3. The van der Waals surface area contributed by atoms with Gasteiger partial charge in [-0.1, -0.05) is 0 Å². The van der Waals surface area contributed by atoms with Crippen molar-refractivity contribution in [1.82, 2.24) is 9.97 Å². The van der Waals surface area contributed by atoms with E-state index in [1.54, 1.807) is 18.3 Å². The maximum Gasteiger partial charge on any atom is 0.138 e. The average Bonchev–Trinajstić information content (AvgIpc) is 2.63. The highest BCUT2D eigenvalue weighted by atomic mass is 32.1. The summed E-state index contributed by atoms with van der Waals surface area (Å²) < 4.78 is 1.02. The molecule has 2 aromatic rings. The van der Waals surface area contributed by atoms with Crippen LogP contribution in [0.2, 0.25) is 0 Å². The van der Waals surface area contributed by atoms with Gasteiger partial charge >= 0.3 is 0 Å². The third-order valence-corrected chi connectivity index (χ3v) is 3.22. The lowest BCUT2D eigenvalue weighted by Crippen LogP contribution is -2.06. The highest BCUT2D eigenvalue weighted by molar-refractivity contribution is 7.17. The second-order valence-corrected chi connectivity index (χ2v) is 4.14. The number of thiophene rings is 1. The van der Waals surface area contributed by atoms with Crippen LogP contribution in [0, 0.1) is 0 Å². The van der Waals surface area contributed by atoms with E-state index < -0.39 is 0 Å². The fraction of sp³-hybridized carbons (Fsp3) is 0.300. The molecule has 0 aliphatic carbocycles. The fourth-order valence-corrected chi connectivity index (χ4v) is 2.23. The lowest BCUT2D eigenvalue weighted by atomic mass is 10.0. The zero-order valence-corrected chi connectivity index (χ0v) is 8.84. The van der Waals surface area contributed by atoms with Crippen molar-refractivity contribution in [2.24, 2.45) is 0 Å². The molecular formula is C10H10N2OS. The van der Waals surface area contributed by atoms with Crippen LogP contribution < -0.4 is 0 Å². The predicted molar refractivity (Wildman–Crippen MR) is 56.5 cm³/mol. The molecule has 0 aliphatic heterocycles. The second-order valence-electron chi connectivity index (χ2n) is 3.23. The number of nitrogens with zero attached hydrogens (tertiary/aromatic N) is 2. The molecule has 72 valence electrons. The van der Waals surface area contributed by atoms with E-state index in [9.17, 15) is 4.79 Å². The van der Waals surface area contributed by atoms with Gasteiger partial charge in [0.25, 0.3) is 0 Å². The Labute approximate surface area is 85.8 Å². The minimum Gasteiger partial charge on any atom is -0.299 e. The third-order valence-electron chi connectivity index (χ3n) is 2.29. The van der Waals surface area contributed by atoms with Gasteiger partial charge in [0.1, 0.15) is 12.1 Å². The lowest BCUT2D eigenvalue weighted by Gasteiger charge is -2.06. The van der Waals surface area contributed by atoms with Gasteiger partial charge in [0.2, 0.25) is 0 Å². The summed E-state index contributed by atoms with van der Waals surface area (Å²) in [6, 6.07) is 1.94. The summed E-state index contributed by atoms with van der Waals surface area (Å²) in [5.74, 6) is -0.00227. The number of fused-ring (bicyclic) bond motifs is 1. The predicted octanol–water partition coefficient (Wildman–Crippen LogP) is 2.38. The molecule has 0 aromatic carbocycles. The minimum atomic E-state index is -0.140. The number of Topliss-reactive ketones (excluding diaryl/α,β-unsaturated/α-hetero) is 1. The molecule has 2 heterocycles. The molecule has 14 heavy (non-hydrogen) atoms. The van der Waals surface area contributed by atoms with Crippen LogP contribution in [0.4, 0.5) is 0 Å². The largest absolute Gasteiger partial charge is 0.299 e. The van der Waals surface area contributed by atoms with E-state index in [4.69, 9.17) is 0 Å². The van der Waals surface area contributed by atoms with Crippen LogP contribution in [0.25, 0.3) is 10.2 Å². The van der Waals surface area contributed by atoms with Crippen LogP contribution in [0.1, 0.15) is 25.5 Å². The number of aromatic nitrogens is 2. The first-order valence-corrected chi connectivity index (χ1v) is 5.26. The van der Waals surface area contributed by atoms with E-state index in [1.165, 1.54) is 6.33 Å². The molecule has 0 bridgehead atoms. The van der Waals surface area contributed by atoms with Gasteiger partial charge in [-0.25, -0.2) is 9.97 Å². The molecule has 0 radical (unpaired) electrons. The standard InChI is InChI=1S/C10H10N2OS/c1-6(7(2)13)9-10-8(3-4-14-10)11-5-12-9/h3-6H,1-2H3. The van der Waals surface area contributed by atoms with Crippen molar-refractivity contribution in [2.45, 2.75) is 19.8 Å². The van der Waals surface area contributed by atoms with Crippen LogP contribution in [0.15, 0.2) is 17.8 Å². The van der Waals surface area contributed by atoms with Crippen LogP contribution >= 0.6 is 11.3 Å². The summed E-state index contributed by atoms with van der Waals surface area (Å²) in [5, 5.41) is 1.97. The van der Waals surface area contributed by atoms with Crippen LogP contribution in [0.5, 0.6) is 0 Å². The average molecular weight is 206 g/mol. The topological polar surface area (TPSA) is 42.9 Å². The molecule has 2 rings (SSSR count). The number of hydrogen-bond donors (Lipinski definition) is 0. The van der Waals surface area contributed by atoms with Crippen LogP contribution in [0.3, 0.4) is 0 Å². The van der Waals surface area contributed by atoms with E-state index in [0.29, 0.717) is 0 Å². The van der Waals surface area contributed by atoms with Gasteiger partial charge < -0.3 is 0 Å². The SMILES string of the molecule is CC(=O)C(C)c1ncnc2ccsc12. The second kappa shape index (κ2) is 3.46. The van der Waals surface area contributed by atoms with Gasteiger partial charge in [0.05, 0.1) is 21.8 Å². The Morgan fingerprint density at radius 3 is 3.00 bits per heavy atom. The van der Waals surface area contributed by atoms with E-state index >= 15 is 0 Å². The molecule has 0 saturated heterocycles. The first-order chi connectivity index (χ1) is 6.70. The van der Waals surface area contributed by atoms with Crippen molar-refractivity contribution < 1.29 is 4.79 Å². The molecule has 0 N–H and O–H groups in total. The van der Waals surface area contributed by atoms with Gasteiger partial charge in [0, 0.05) is 0 Å². The number of carbonyl (C=O) groups excluding carboxylic acids is 1. The molecule has 0 saturated carbocycles. The molecule has 4 heteroatoms. The van der Waals surface area contributed by atoms with Crippen molar-refractivity contribution >= 4 is 27.3 Å². The number of rotatable bonds is 2. The van der Waals surface area contributed by atoms with Gasteiger partial charge in [-0.05, 0) is 25.3 Å². The van der Waals surface area contributed by atoms with E-state index in [0.717, 1.165) is 15.9 Å². The molecule has 0 amide bonds. The van der Waals surface area contributed by atoms with Crippen molar-refractivity contribution in [1.29, 1.82) is 0 Å². The molecule has 2 aromatic heterocycles. The Kier molecular flexibility index (Phi) is 2.29. The van der Waals surface area contributed by atoms with Gasteiger partial charge in [0.15, 0.2) is 0 Å². The van der Waals surface area contributed by atoms with Crippen molar-refractivity contribution in [3.63, 3.8) is 0 Å². The highest BCUT2D eigenvalue weighted by Crippen LogP contribution is 2.26. The number of hydrogen-bond acceptors (Lipinski definition) is 4. The van der Waals surface area contributed by atoms with Crippen molar-refractivity contribution in [3.05, 3.63) is 23.5 Å². The highest BCUT2D eigenvalue weighted by Gasteiger charge is 2.16. The first-order valence-electron chi connectivity index (χ1n) is 4.38. The maximum absolute atomic E-state index is 11.3. The number of carbonyl (C=O) groups is 1. The molecule has 0 aliphatic rings. The smallest absolute Gasteiger partial charge is 0.138 e. The summed E-state index contributed by atoms with van der Waals surface area (Å²) in [6.45, 7) is 3.47. The Morgan fingerprint density at radius 1 is 1.50 bits per heavy atom. The monoisotopic (exact) mass is 206 g/mol. The Bertz CT molecular complexity index is 478. The summed E-state index contributed by atoms with van der Waals surface area (Å²) in [5.41, 5.74) is 1.77. The molecular weight excluding hydrogens is 196 g/mol. The van der Waals surface area contributed by atoms with E-state index in [-0.39, 0.29) is 11.7 Å². The fourth-order valence-electron chi connectivity index (χ4n) is 1.31. The first kappa shape index (κ1) is 9.27. The Morgan fingerprint density at radius 2 is 2.29 bits per heavy atom. The van der Waals surface area contributed by atoms with Gasteiger partial charge in [-0.3, -0.25) is 4.79 Å². The van der Waals surface area contributed by atoms with E-state index in [2.05, 4.69) is 9.97 Å². The molecule has 0 fully saturated rings. The normalized spacial score (nSPS) is 13.0. The molecule has 3 nitrogen and oxygen atoms in total. The summed E-state index contributed by atoms with van der Waals surface area (Å²) in [4.78, 5) is 19.6. The summed E-state index contributed by atoms with van der Waals surface area (Å²) >= 11 is 1.58. The molecule has 0 spiro atoms. The summed E-state index contributed by atoms with van der Waals surface area (Å²) in [7, 11) is 0. The molecule has 1 atom stereocenters. The zero-order valence-electron chi connectivity index (χ0n) is 8.02. The minimum absolute atomic E-state index is 0.137. The Hall–Kier alpha value is -1.29. The quantitative estimate of drug-likeness (QED) is 0.757. The van der Waals surface area contributed by atoms with E-state index in [1.807, 2.05) is 18.4 Å². The third kappa shape index (κ3) is 1.42. The lowest BCUT2D eigenvalue weighted by molar-refractivity contribution is -0.118. The van der Waals surface area contributed by atoms with Crippen LogP contribution in [-0.2, 0) is 4.79 Å². The van der Waals surface area contributed by atoms with Gasteiger partial charge in [-0.15, -0.1) is 11.3 Å². The Balaban J connectivity index is 2.61. The number of ketones is 1. The van der Waals surface area contributed by atoms with Gasteiger partial charge in [-0.2, -0.15) is 0 Å².